The number of thiophene rings is 1. The Labute approximate surface area is 195 Å². The first-order chi connectivity index (χ1) is 15.2. The van der Waals surface area contributed by atoms with Crippen molar-refractivity contribution in [2.24, 2.45) is 10.9 Å². The van der Waals surface area contributed by atoms with Gasteiger partial charge in [-0.3, -0.25) is 0 Å². The number of nitrogens with one attached hydrogen (secondary N) is 2. The molecular weight excluding hydrogens is 449 g/mol. The summed E-state index contributed by atoms with van der Waals surface area (Å²) < 4.78 is 0. The number of fused-ring (bicyclic) bond motifs is 1. The molecule has 3 aromatic rings. The van der Waals surface area contributed by atoms with Crippen LogP contribution in [-0.2, 0) is 6.54 Å². The molecule has 160 valence electrons. The third-order valence-electron chi connectivity index (χ3n) is 5.89. The van der Waals surface area contributed by atoms with Gasteiger partial charge in [0, 0.05) is 16.4 Å². The van der Waals surface area contributed by atoms with Crippen molar-refractivity contribution in [3.05, 3.63) is 68.1 Å². The van der Waals surface area contributed by atoms with Crippen LogP contribution in [0.5, 0.6) is 0 Å². The summed E-state index contributed by atoms with van der Waals surface area (Å²) in [7, 11) is 0. The molecule has 4 heterocycles. The van der Waals surface area contributed by atoms with Crippen molar-refractivity contribution in [1.29, 1.82) is 0 Å². The normalized spacial score (nSPS) is 20.4. The van der Waals surface area contributed by atoms with E-state index in [4.69, 9.17) is 33.2 Å². The highest BCUT2D eigenvalue weighted by atomic mass is 35.5. The lowest BCUT2D eigenvalue weighted by molar-refractivity contribution is 0.352. The highest BCUT2D eigenvalue weighted by molar-refractivity contribution is 7.09. The Kier molecular flexibility index (Phi) is 6.23. The van der Waals surface area contributed by atoms with Crippen LogP contribution in [0.2, 0.25) is 10.0 Å². The third-order valence-corrected chi connectivity index (χ3v) is 7.39. The van der Waals surface area contributed by atoms with Crippen molar-refractivity contribution in [2.75, 3.05) is 18.4 Å². The van der Waals surface area contributed by atoms with E-state index in [0.29, 0.717) is 28.5 Å². The molecule has 2 atom stereocenters. The summed E-state index contributed by atoms with van der Waals surface area (Å²) in [5.41, 5.74) is 3.48. The topological polar surface area (TPSA) is 62.2 Å². The van der Waals surface area contributed by atoms with E-state index in [0.717, 1.165) is 42.2 Å². The monoisotopic (exact) mass is 471 g/mol. The maximum absolute atomic E-state index is 6.57. The molecule has 2 N–H and O–H groups in total. The first-order valence-corrected chi connectivity index (χ1v) is 12.2. The molecular formula is C23H23Cl2N5S. The van der Waals surface area contributed by atoms with Crippen molar-refractivity contribution in [3.63, 3.8) is 0 Å². The number of rotatable bonds is 6. The molecule has 1 fully saturated rings. The zero-order valence-electron chi connectivity index (χ0n) is 16.9. The van der Waals surface area contributed by atoms with E-state index in [-0.39, 0.29) is 5.92 Å². The van der Waals surface area contributed by atoms with E-state index in [2.05, 4.69) is 27.1 Å². The van der Waals surface area contributed by atoms with E-state index in [1.165, 1.54) is 17.7 Å². The second kappa shape index (κ2) is 9.25. The minimum absolute atomic E-state index is 0.0441. The Balaban J connectivity index is 1.47. The average Bonchev–Trinajstić information content (AvgIpc) is 3.41. The SMILES string of the molecule is Clc1cccc(Cl)c1C1=Nc2cnc(NCc3cccs3)nc2C1C[C@@H]1CCCNC1. The molecule has 0 saturated carbocycles. The second-order valence-corrected chi connectivity index (χ2v) is 9.84. The minimum Gasteiger partial charge on any atom is -0.349 e. The molecule has 2 aromatic heterocycles. The van der Waals surface area contributed by atoms with Gasteiger partial charge in [-0.1, -0.05) is 35.3 Å². The van der Waals surface area contributed by atoms with Gasteiger partial charge >= 0.3 is 0 Å². The summed E-state index contributed by atoms with van der Waals surface area (Å²) in [5, 5.41) is 10.2. The molecule has 5 nitrogen and oxygen atoms in total. The van der Waals surface area contributed by atoms with Crippen molar-refractivity contribution in [3.8, 4) is 0 Å². The molecule has 0 spiro atoms. The lowest BCUT2D eigenvalue weighted by Crippen LogP contribution is -2.31. The number of halogens is 2. The fraction of sp³-hybridized carbons (Fsp3) is 0.348. The van der Waals surface area contributed by atoms with Gasteiger partial charge in [0.15, 0.2) is 0 Å². The van der Waals surface area contributed by atoms with Gasteiger partial charge in [0.2, 0.25) is 5.95 Å². The Bertz CT molecular complexity index is 1070. The number of aromatic nitrogens is 2. The van der Waals surface area contributed by atoms with Gasteiger partial charge in [-0.05, 0) is 61.8 Å². The van der Waals surface area contributed by atoms with E-state index < -0.39 is 0 Å². The zero-order chi connectivity index (χ0) is 21.2. The summed E-state index contributed by atoms with van der Waals surface area (Å²) in [6, 6.07) is 9.75. The van der Waals surface area contributed by atoms with Gasteiger partial charge in [0.25, 0.3) is 0 Å². The quantitative estimate of drug-likeness (QED) is 0.458. The van der Waals surface area contributed by atoms with Crippen LogP contribution >= 0.6 is 34.5 Å². The summed E-state index contributed by atoms with van der Waals surface area (Å²) in [6.07, 6.45) is 5.17. The van der Waals surface area contributed by atoms with E-state index in [1.807, 2.05) is 30.5 Å². The Hall–Kier alpha value is -1.99. The van der Waals surface area contributed by atoms with Crippen LogP contribution in [0.25, 0.3) is 0 Å². The second-order valence-electron chi connectivity index (χ2n) is 7.99. The van der Waals surface area contributed by atoms with Crippen LogP contribution in [0.15, 0.2) is 46.9 Å². The van der Waals surface area contributed by atoms with Crippen LogP contribution in [0.4, 0.5) is 11.6 Å². The Morgan fingerprint density at radius 3 is 2.77 bits per heavy atom. The molecule has 1 aromatic carbocycles. The summed E-state index contributed by atoms with van der Waals surface area (Å²) in [4.78, 5) is 15.6. The molecule has 8 heteroatoms. The molecule has 2 aliphatic heterocycles. The van der Waals surface area contributed by atoms with Gasteiger partial charge in [0.1, 0.15) is 5.69 Å². The number of piperidine rings is 1. The molecule has 2 aliphatic rings. The highest BCUT2D eigenvalue weighted by Crippen LogP contribution is 2.43. The van der Waals surface area contributed by atoms with Crippen molar-refractivity contribution in [2.45, 2.75) is 31.7 Å². The number of hydrogen-bond acceptors (Lipinski definition) is 6. The standard InChI is InChI=1S/C23H23Cl2N5S/c24-17-6-1-7-18(25)20(17)22-16(10-14-4-2-8-26-11-14)21-19(29-22)13-28-23(30-21)27-12-15-5-3-9-31-15/h1,3,5-7,9,13-14,16,26H,2,4,8,10-12H2,(H,27,28,30)/t14-,16?/m0/s1. The molecule has 1 saturated heterocycles. The van der Waals surface area contributed by atoms with E-state index in [1.54, 1.807) is 11.3 Å². The fourth-order valence-electron chi connectivity index (χ4n) is 4.39. The molecule has 5 rings (SSSR count). The van der Waals surface area contributed by atoms with Gasteiger partial charge in [-0.15, -0.1) is 11.3 Å². The molecule has 1 unspecified atom stereocenters. The number of anilines is 1. The molecule has 0 radical (unpaired) electrons. The lowest BCUT2D eigenvalue weighted by atomic mass is 9.83. The van der Waals surface area contributed by atoms with Gasteiger partial charge < -0.3 is 10.6 Å². The van der Waals surface area contributed by atoms with Crippen LogP contribution in [0, 0.1) is 5.92 Å². The van der Waals surface area contributed by atoms with Gasteiger partial charge in [-0.2, -0.15) is 0 Å². The van der Waals surface area contributed by atoms with Gasteiger partial charge in [-0.25, -0.2) is 15.0 Å². The maximum atomic E-state index is 6.57. The molecule has 0 amide bonds. The molecule has 31 heavy (non-hydrogen) atoms. The third kappa shape index (κ3) is 4.48. The van der Waals surface area contributed by atoms with E-state index in [9.17, 15) is 0 Å². The zero-order valence-corrected chi connectivity index (χ0v) is 19.3. The lowest BCUT2D eigenvalue weighted by Gasteiger charge is -2.26. The number of hydrogen-bond donors (Lipinski definition) is 2. The average molecular weight is 472 g/mol. The van der Waals surface area contributed by atoms with Crippen LogP contribution in [0.3, 0.4) is 0 Å². The number of nitrogens with zero attached hydrogens (tertiary/aromatic N) is 3. The first kappa shape index (κ1) is 20.9. The fourth-order valence-corrected chi connectivity index (χ4v) is 5.62. The van der Waals surface area contributed by atoms with Crippen molar-refractivity contribution < 1.29 is 0 Å². The number of aliphatic imine (C=N–C) groups is 1. The van der Waals surface area contributed by atoms with Crippen LogP contribution in [0.1, 0.15) is 41.3 Å². The maximum Gasteiger partial charge on any atom is 0.223 e. The summed E-state index contributed by atoms with van der Waals surface area (Å²) in [6.45, 7) is 2.82. The summed E-state index contributed by atoms with van der Waals surface area (Å²) >= 11 is 14.9. The van der Waals surface area contributed by atoms with Crippen molar-refractivity contribution >= 4 is 51.9 Å². The smallest absolute Gasteiger partial charge is 0.223 e. The Morgan fingerprint density at radius 2 is 2.03 bits per heavy atom. The predicted molar refractivity (Wildman–Crippen MR) is 129 cm³/mol. The first-order valence-electron chi connectivity index (χ1n) is 10.6. The summed E-state index contributed by atoms with van der Waals surface area (Å²) in [5.74, 6) is 1.23. The predicted octanol–water partition coefficient (Wildman–Crippen LogP) is 6.06. The van der Waals surface area contributed by atoms with Crippen LogP contribution in [-0.4, -0.2) is 28.8 Å². The van der Waals surface area contributed by atoms with Gasteiger partial charge in [0.05, 0.1) is 34.2 Å². The molecule has 0 bridgehead atoms. The molecule has 0 aliphatic carbocycles. The number of benzene rings is 1. The van der Waals surface area contributed by atoms with Crippen LogP contribution < -0.4 is 10.6 Å². The highest BCUT2D eigenvalue weighted by Gasteiger charge is 2.34. The largest absolute Gasteiger partial charge is 0.349 e. The van der Waals surface area contributed by atoms with Crippen molar-refractivity contribution in [1.82, 2.24) is 15.3 Å². The van der Waals surface area contributed by atoms with E-state index >= 15 is 0 Å². The minimum atomic E-state index is 0.0441. The Morgan fingerprint density at radius 1 is 1.16 bits per heavy atom.